The Bertz CT molecular complexity index is 975. The summed E-state index contributed by atoms with van der Waals surface area (Å²) in [6, 6.07) is 12.9. The summed E-state index contributed by atoms with van der Waals surface area (Å²) in [5.41, 5.74) is 3.42. The van der Waals surface area contributed by atoms with Gasteiger partial charge in [0.1, 0.15) is 5.82 Å². The summed E-state index contributed by atoms with van der Waals surface area (Å²) < 4.78 is 14.5. The molecule has 5 rings (SSSR count). The van der Waals surface area contributed by atoms with E-state index in [9.17, 15) is 14.3 Å². The highest BCUT2D eigenvalue weighted by Crippen LogP contribution is 2.49. The molecule has 0 unspecified atom stereocenters. The molecule has 2 heterocycles. The molecule has 0 radical (unpaired) electrons. The second-order valence-corrected chi connectivity index (χ2v) is 9.14. The molecule has 2 aliphatic heterocycles. The number of amides is 2. The van der Waals surface area contributed by atoms with Crippen molar-refractivity contribution in [3.05, 3.63) is 53.8 Å². The van der Waals surface area contributed by atoms with Crippen LogP contribution in [0, 0.1) is 11.7 Å². The third kappa shape index (κ3) is 3.47. The van der Waals surface area contributed by atoms with Gasteiger partial charge < -0.3 is 20.2 Å². The number of nitrogens with zero attached hydrogens (tertiary/aromatic N) is 2. The first-order valence-corrected chi connectivity index (χ1v) is 11.4. The van der Waals surface area contributed by atoms with Crippen LogP contribution in [0.15, 0.2) is 42.5 Å². The first-order valence-electron chi connectivity index (χ1n) is 11.4. The summed E-state index contributed by atoms with van der Waals surface area (Å²) in [6.45, 7) is 0.714. The number of urea groups is 1. The number of likely N-dealkylation sites (tertiary alicyclic amines) is 1. The summed E-state index contributed by atoms with van der Waals surface area (Å²) in [5, 5.41) is 13.4. The minimum absolute atomic E-state index is 0.0112. The Morgan fingerprint density at radius 3 is 2.68 bits per heavy atom. The molecule has 6 heteroatoms. The van der Waals surface area contributed by atoms with Crippen molar-refractivity contribution in [1.29, 1.82) is 0 Å². The van der Waals surface area contributed by atoms with E-state index in [1.807, 2.05) is 36.2 Å². The predicted octanol–water partition coefficient (Wildman–Crippen LogP) is 4.32. The number of halogens is 1. The fourth-order valence-electron chi connectivity index (χ4n) is 5.87. The Kier molecular flexibility index (Phi) is 5.34. The maximum atomic E-state index is 14.5. The average molecular weight is 424 g/mol. The van der Waals surface area contributed by atoms with Crippen molar-refractivity contribution in [2.75, 3.05) is 25.1 Å². The zero-order chi connectivity index (χ0) is 21.5. The smallest absolute Gasteiger partial charge is 0.318 e. The summed E-state index contributed by atoms with van der Waals surface area (Å²) >= 11 is 0. The van der Waals surface area contributed by atoms with Crippen molar-refractivity contribution in [2.45, 2.75) is 50.2 Å². The van der Waals surface area contributed by atoms with Crippen molar-refractivity contribution in [2.24, 2.45) is 5.92 Å². The summed E-state index contributed by atoms with van der Waals surface area (Å²) in [4.78, 5) is 17.3. The molecule has 2 fully saturated rings. The standard InChI is InChI=1S/C25H30FN3O2/c1-28-22-11-10-16(18-8-4-5-9-21(18)26)14-20(22)24-19(23(28)15-30)12-13-29(24)25(31)27-17-6-2-3-7-17/h4-5,8-11,14,17,19,23-24,30H,2-3,6-7,12-13,15H2,1H3,(H,27,31)/t19-,23-,24-/m0/s1. The van der Waals surface area contributed by atoms with Crippen molar-refractivity contribution in [3.8, 4) is 11.1 Å². The summed E-state index contributed by atoms with van der Waals surface area (Å²) in [5.74, 6) is -0.105. The fraction of sp³-hybridized carbons (Fsp3) is 0.480. The highest BCUT2D eigenvalue weighted by atomic mass is 19.1. The lowest BCUT2D eigenvalue weighted by Gasteiger charge is -2.44. The highest BCUT2D eigenvalue weighted by molar-refractivity contribution is 5.78. The van der Waals surface area contributed by atoms with Crippen LogP contribution in [0.5, 0.6) is 0 Å². The van der Waals surface area contributed by atoms with Crippen LogP contribution in [-0.4, -0.2) is 48.3 Å². The van der Waals surface area contributed by atoms with Crippen molar-refractivity contribution in [3.63, 3.8) is 0 Å². The Morgan fingerprint density at radius 2 is 1.94 bits per heavy atom. The quantitative estimate of drug-likeness (QED) is 0.773. The van der Waals surface area contributed by atoms with E-state index >= 15 is 0 Å². The molecule has 3 aliphatic rings. The number of carbonyl (C=O) groups is 1. The SMILES string of the molecule is CN1c2ccc(-c3ccccc3F)cc2[C@@H]2[C@@H](CCN2C(=O)NC2CCCC2)[C@@H]1CO. The molecule has 2 aromatic carbocycles. The van der Waals surface area contributed by atoms with E-state index in [2.05, 4.69) is 10.2 Å². The molecule has 1 saturated heterocycles. The summed E-state index contributed by atoms with van der Waals surface area (Å²) in [7, 11) is 2.00. The molecule has 164 valence electrons. The monoisotopic (exact) mass is 423 g/mol. The van der Waals surface area contributed by atoms with Crippen LogP contribution in [0.1, 0.15) is 43.7 Å². The van der Waals surface area contributed by atoms with Crippen molar-refractivity contribution < 1.29 is 14.3 Å². The van der Waals surface area contributed by atoms with Crippen molar-refractivity contribution >= 4 is 11.7 Å². The molecule has 0 spiro atoms. The van der Waals surface area contributed by atoms with E-state index in [0.29, 0.717) is 12.1 Å². The van der Waals surface area contributed by atoms with Gasteiger partial charge in [-0.15, -0.1) is 0 Å². The van der Waals surface area contributed by atoms with Crippen LogP contribution in [0.4, 0.5) is 14.9 Å². The topological polar surface area (TPSA) is 55.8 Å². The Hall–Kier alpha value is -2.60. The van der Waals surface area contributed by atoms with Gasteiger partial charge in [-0.25, -0.2) is 9.18 Å². The van der Waals surface area contributed by atoms with Gasteiger partial charge in [0, 0.05) is 36.8 Å². The summed E-state index contributed by atoms with van der Waals surface area (Å²) in [6.07, 6.45) is 5.28. The molecule has 1 aliphatic carbocycles. The van der Waals surface area contributed by atoms with E-state index in [0.717, 1.165) is 36.1 Å². The number of rotatable bonds is 3. The van der Waals surface area contributed by atoms with Crippen molar-refractivity contribution in [1.82, 2.24) is 10.2 Å². The molecule has 2 aromatic rings. The Morgan fingerprint density at radius 1 is 1.16 bits per heavy atom. The Balaban J connectivity index is 1.54. The second kappa shape index (κ2) is 8.15. The number of hydrogen-bond acceptors (Lipinski definition) is 3. The largest absolute Gasteiger partial charge is 0.394 e. The van der Waals surface area contributed by atoms with Crippen LogP contribution in [0.2, 0.25) is 0 Å². The van der Waals surface area contributed by atoms with Gasteiger partial charge in [0.2, 0.25) is 0 Å². The van der Waals surface area contributed by atoms with Crippen LogP contribution in [0.25, 0.3) is 11.1 Å². The van der Waals surface area contributed by atoms with Gasteiger partial charge in [0.25, 0.3) is 0 Å². The molecule has 5 nitrogen and oxygen atoms in total. The first-order chi connectivity index (χ1) is 15.1. The number of aliphatic hydroxyl groups excluding tert-OH is 1. The Labute approximate surface area is 182 Å². The maximum absolute atomic E-state index is 14.5. The van der Waals surface area contributed by atoms with Gasteiger partial charge in [-0.1, -0.05) is 37.1 Å². The molecule has 2 amide bonds. The van der Waals surface area contributed by atoms with Crippen LogP contribution < -0.4 is 10.2 Å². The second-order valence-electron chi connectivity index (χ2n) is 9.14. The molecule has 0 bridgehead atoms. The molecule has 1 saturated carbocycles. The molecule has 3 atom stereocenters. The normalized spacial score (nSPS) is 25.5. The zero-order valence-corrected chi connectivity index (χ0v) is 17.9. The average Bonchev–Trinajstić information content (AvgIpc) is 3.44. The van der Waals surface area contributed by atoms with Crippen LogP contribution in [-0.2, 0) is 0 Å². The van der Waals surface area contributed by atoms with Gasteiger partial charge in [0.15, 0.2) is 0 Å². The molecular weight excluding hydrogens is 393 g/mol. The number of nitrogens with one attached hydrogen (secondary N) is 1. The predicted molar refractivity (Wildman–Crippen MR) is 119 cm³/mol. The van der Waals surface area contributed by atoms with Crippen LogP contribution >= 0.6 is 0 Å². The lowest BCUT2D eigenvalue weighted by Crippen LogP contribution is -2.50. The number of aliphatic hydroxyl groups is 1. The number of likely N-dealkylation sites (N-methyl/N-ethyl adjacent to an activating group) is 1. The van der Waals surface area contributed by atoms with E-state index in [4.69, 9.17) is 0 Å². The molecule has 31 heavy (non-hydrogen) atoms. The third-order valence-corrected chi connectivity index (χ3v) is 7.48. The number of anilines is 1. The maximum Gasteiger partial charge on any atom is 0.318 e. The first kappa shape index (κ1) is 20.3. The molecular formula is C25H30FN3O2. The third-order valence-electron chi connectivity index (χ3n) is 7.48. The number of carbonyl (C=O) groups excluding carboxylic acids is 1. The van der Waals surface area contributed by atoms with Gasteiger partial charge in [0.05, 0.1) is 18.7 Å². The fourth-order valence-corrected chi connectivity index (χ4v) is 5.87. The highest BCUT2D eigenvalue weighted by Gasteiger charge is 2.48. The van der Waals surface area contributed by atoms with Gasteiger partial charge >= 0.3 is 6.03 Å². The van der Waals surface area contributed by atoms with E-state index in [1.165, 1.54) is 18.9 Å². The van der Waals surface area contributed by atoms with Gasteiger partial charge in [-0.3, -0.25) is 0 Å². The minimum atomic E-state index is -0.251. The lowest BCUT2D eigenvalue weighted by molar-refractivity contribution is 0.158. The molecule has 2 N–H and O–H groups in total. The van der Waals surface area contributed by atoms with E-state index < -0.39 is 0 Å². The zero-order valence-electron chi connectivity index (χ0n) is 17.9. The number of hydrogen-bond donors (Lipinski definition) is 2. The van der Waals surface area contributed by atoms with Gasteiger partial charge in [-0.05, 0) is 48.6 Å². The molecule has 0 aromatic heterocycles. The van der Waals surface area contributed by atoms with E-state index in [-0.39, 0.29) is 42.5 Å². The number of benzene rings is 2. The minimum Gasteiger partial charge on any atom is -0.394 e. The number of fused-ring (bicyclic) bond motifs is 3. The lowest BCUT2D eigenvalue weighted by atomic mass is 9.81. The van der Waals surface area contributed by atoms with E-state index in [1.54, 1.807) is 12.1 Å². The van der Waals surface area contributed by atoms with Gasteiger partial charge in [-0.2, -0.15) is 0 Å². The van der Waals surface area contributed by atoms with Crippen LogP contribution in [0.3, 0.4) is 0 Å².